The predicted molar refractivity (Wildman–Crippen MR) is 80.1 cm³/mol. The van der Waals surface area contributed by atoms with Gasteiger partial charge >= 0.3 is 12.0 Å². The van der Waals surface area contributed by atoms with Crippen LogP contribution in [0.25, 0.3) is 0 Å². The molecule has 1 aliphatic rings. The molecule has 0 radical (unpaired) electrons. The number of carbonyl (C=O) groups is 2. The Kier molecular flexibility index (Phi) is 4.83. The Labute approximate surface area is 125 Å². The van der Waals surface area contributed by atoms with Crippen LogP contribution in [0.1, 0.15) is 31.7 Å². The van der Waals surface area contributed by atoms with E-state index in [0.717, 1.165) is 25.8 Å². The van der Waals surface area contributed by atoms with E-state index in [1.807, 2.05) is 23.1 Å². The highest BCUT2D eigenvalue weighted by Crippen LogP contribution is 2.32. The number of amides is 2. The minimum absolute atomic E-state index is 0.0466. The van der Waals surface area contributed by atoms with Crippen molar-refractivity contribution in [2.45, 2.75) is 38.1 Å². The topological polar surface area (TPSA) is 69.6 Å². The predicted octanol–water partition coefficient (Wildman–Crippen LogP) is 2.27. The van der Waals surface area contributed by atoms with Gasteiger partial charge in [-0.1, -0.05) is 30.3 Å². The van der Waals surface area contributed by atoms with E-state index in [-0.39, 0.29) is 24.5 Å². The maximum absolute atomic E-state index is 12.3. The largest absolute Gasteiger partial charge is 0.481 e. The van der Waals surface area contributed by atoms with Crippen LogP contribution >= 0.6 is 0 Å². The summed E-state index contributed by atoms with van der Waals surface area (Å²) in [5.41, 5.74) is 1.01. The number of rotatable bonds is 5. The molecule has 0 bridgehead atoms. The highest BCUT2D eigenvalue weighted by atomic mass is 16.4. The Hall–Kier alpha value is -2.04. The Morgan fingerprint density at radius 2 is 2.05 bits per heavy atom. The zero-order chi connectivity index (χ0) is 15.3. The average Bonchev–Trinajstić information content (AvgIpc) is 2.81. The van der Waals surface area contributed by atoms with Gasteiger partial charge in [-0.05, 0) is 31.7 Å². The van der Waals surface area contributed by atoms with Gasteiger partial charge in [0.15, 0.2) is 0 Å². The summed E-state index contributed by atoms with van der Waals surface area (Å²) in [5, 5.41) is 11.3. The molecule has 5 heteroatoms. The van der Waals surface area contributed by atoms with E-state index < -0.39 is 5.97 Å². The molecule has 0 saturated carbocycles. The molecule has 21 heavy (non-hydrogen) atoms. The normalized spacial score (nSPS) is 21.3. The number of nitrogens with one attached hydrogen (secondary N) is 1. The van der Waals surface area contributed by atoms with Gasteiger partial charge in [-0.2, -0.15) is 0 Å². The van der Waals surface area contributed by atoms with Crippen LogP contribution in [0.2, 0.25) is 0 Å². The lowest BCUT2D eigenvalue weighted by atomic mass is 9.90. The third-order valence-corrected chi connectivity index (χ3v) is 4.04. The Morgan fingerprint density at radius 1 is 1.33 bits per heavy atom. The number of nitrogens with zero attached hydrogens (tertiary/aromatic N) is 1. The van der Waals surface area contributed by atoms with Crippen molar-refractivity contribution in [3.05, 3.63) is 35.9 Å². The van der Waals surface area contributed by atoms with Crippen molar-refractivity contribution in [1.82, 2.24) is 10.2 Å². The maximum atomic E-state index is 12.3. The maximum Gasteiger partial charge on any atom is 0.317 e. The lowest BCUT2D eigenvalue weighted by Gasteiger charge is -2.35. The van der Waals surface area contributed by atoms with E-state index in [4.69, 9.17) is 5.11 Å². The van der Waals surface area contributed by atoms with Gasteiger partial charge in [-0.3, -0.25) is 4.79 Å². The number of hydrogen-bond acceptors (Lipinski definition) is 2. The molecule has 0 spiro atoms. The number of urea groups is 1. The van der Waals surface area contributed by atoms with Crippen LogP contribution in [-0.2, 0) is 11.2 Å². The van der Waals surface area contributed by atoms with Crippen molar-refractivity contribution in [3.8, 4) is 0 Å². The molecule has 0 aromatic heterocycles. The first-order valence-corrected chi connectivity index (χ1v) is 7.32. The zero-order valence-electron chi connectivity index (χ0n) is 12.3. The first-order chi connectivity index (χ1) is 10.0. The standard InChI is InChI=1S/C16H22N2O3/c1-16(12-13-6-3-2-4-7-13)9-5-11-18(16)15(21)17-10-8-14(19)20/h2-4,6-7H,5,8-12H2,1H3,(H,17,21)(H,19,20). The van der Waals surface area contributed by atoms with Gasteiger partial charge < -0.3 is 15.3 Å². The fourth-order valence-corrected chi connectivity index (χ4v) is 2.96. The van der Waals surface area contributed by atoms with E-state index in [1.54, 1.807) is 0 Å². The van der Waals surface area contributed by atoms with Gasteiger partial charge in [0.25, 0.3) is 0 Å². The number of carboxylic acid groups (broad SMARTS) is 1. The monoisotopic (exact) mass is 290 g/mol. The number of aliphatic carboxylic acids is 1. The van der Waals surface area contributed by atoms with Gasteiger partial charge in [0.1, 0.15) is 0 Å². The van der Waals surface area contributed by atoms with Crippen LogP contribution in [0.4, 0.5) is 4.79 Å². The Balaban J connectivity index is 1.98. The van der Waals surface area contributed by atoms with Crippen molar-refractivity contribution in [3.63, 3.8) is 0 Å². The van der Waals surface area contributed by atoms with Crippen LogP contribution in [-0.4, -0.2) is 40.6 Å². The molecule has 1 heterocycles. The number of benzene rings is 1. The molecular formula is C16H22N2O3. The smallest absolute Gasteiger partial charge is 0.317 e. The molecule has 1 aromatic rings. The summed E-state index contributed by atoms with van der Waals surface area (Å²) in [6.07, 6.45) is 2.72. The van der Waals surface area contributed by atoms with E-state index in [9.17, 15) is 9.59 Å². The van der Waals surface area contributed by atoms with Crippen LogP contribution in [0.3, 0.4) is 0 Å². The second kappa shape index (κ2) is 6.61. The fraction of sp³-hybridized carbons (Fsp3) is 0.500. The van der Waals surface area contributed by atoms with Gasteiger partial charge in [-0.25, -0.2) is 4.79 Å². The first-order valence-electron chi connectivity index (χ1n) is 7.32. The summed E-state index contributed by atoms with van der Waals surface area (Å²) in [4.78, 5) is 24.6. The molecular weight excluding hydrogens is 268 g/mol. The molecule has 1 atom stereocenters. The van der Waals surface area contributed by atoms with Crippen LogP contribution in [0.5, 0.6) is 0 Å². The molecule has 1 fully saturated rings. The lowest BCUT2D eigenvalue weighted by Crippen LogP contribution is -2.51. The molecule has 1 aromatic carbocycles. The first kappa shape index (κ1) is 15.4. The number of carboxylic acids is 1. The van der Waals surface area contributed by atoms with E-state index >= 15 is 0 Å². The molecule has 0 aliphatic carbocycles. The van der Waals surface area contributed by atoms with Crippen molar-refractivity contribution < 1.29 is 14.7 Å². The lowest BCUT2D eigenvalue weighted by molar-refractivity contribution is -0.136. The minimum atomic E-state index is -0.899. The Bertz CT molecular complexity index is 504. The molecule has 114 valence electrons. The number of carbonyl (C=O) groups excluding carboxylic acids is 1. The van der Waals surface area contributed by atoms with Crippen LogP contribution in [0.15, 0.2) is 30.3 Å². The third-order valence-electron chi connectivity index (χ3n) is 4.04. The van der Waals surface area contributed by atoms with Gasteiger partial charge in [-0.15, -0.1) is 0 Å². The molecule has 1 aliphatic heterocycles. The molecule has 5 nitrogen and oxygen atoms in total. The summed E-state index contributed by atoms with van der Waals surface area (Å²) in [5.74, 6) is -0.899. The number of likely N-dealkylation sites (tertiary alicyclic amines) is 1. The van der Waals surface area contributed by atoms with E-state index in [2.05, 4.69) is 24.4 Å². The van der Waals surface area contributed by atoms with Gasteiger partial charge in [0.2, 0.25) is 0 Å². The van der Waals surface area contributed by atoms with E-state index in [1.165, 1.54) is 5.56 Å². The summed E-state index contributed by atoms with van der Waals surface area (Å²) in [7, 11) is 0. The number of hydrogen-bond donors (Lipinski definition) is 2. The van der Waals surface area contributed by atoms with Crippen LogP contribution in [0, 0.1) is 0 Å². The minimum Gasteiger partial charge on any atom is -0.481 e. The highest BCUT2D eigenvalue weighted by molar-refractivity contribution is 5.76. The van der Waals surface area contributed by atoms with Crippen molar-refractivity contribution in [1.29, 1.82) is 0 Å². The quantitative estimate of drug-likeness (QED) is 0.874. The summed E-state index contributed by atoms with van der Waals surface area (Å²) < 4.78 is 0. The van der Waals surface area contributed by atoms with Crippen molar-refractivity contribution in [2.75, 3.05) is 13.1 Å². The molecule has 2 N–H and O–H groups in total. The third kappa shape index (κ3) is 3.97. The fourth-order valence-electron chi connectivity index (χ4n) is 2.96. The van der Waals surface area contributed by atoms with Crippen molar-refractivity contribution in [2.24, 2.45) is 0 Å². The molecule has 2 rings (SSSR count). The second-order valence-electron chi connectivity index (χ2n) is 5.79. The second-order valence-corrected chi connectivity index (χ2v) is 5.79. The van der Waals surface area contributed by atoms with Gasteiger partial charge in [0, 0.05) is 18.6 Å². The van der Waals surface area contributed by atoms with Gasteiger partial charge in [0.05, 0.1) is 6.42 Å². The van der Waals surface area contributed by atoms with Crippen LogP contribution < -0.4 is 5.32 Å². The average molecular weight is 290 g/mol. The molecule has 1 unspecified atom stereocenters. The summed E-state index contributed by atoms with van der Waals surface area (Å²) >= 11 is 0. The molecule has 1 saturated heterocycles. The zero-order valence-corrected chi connectivity index (χ0v) is 12.3. The highest BCUT2D eigenvalue weighted by Gasteiger charge is 2.39. The van der Waals surface area contributed by atoms with E-state index in [0.29, 0.717) is 0 Å². The van der Waals surface area contributed by atoms with Crippen molar-refractivity contribution >= 4 is 12.0 Å². The molecule has 2 amide bonds. The Morgan fingerprint density at radius 3 is 2.71 bits per heavy atom. The summed E-state index contributed by atoms with van der Waals surface area (Å²) in [6.45, 7) is 3.00. The summed E-state index contributed by atoms with van der Waals surface area (Å²) in [6, 6.07) is 9.98. The SMILES string of the molecule is CC1(Cc2ccccc2)CCCN1C(=O)NCCC(=O)O.